The molecule has 0 aliphatic carbocycles. The molecule has 0 radical (unpaired) electrons. The van der Waals surface area contributed by atoms with E-state index in [1.165, 1.54) is 17.3 Å². The van der Waals surface area contributed by atoms with Crippen molar-refractivity contribution in [1.82, 2.24) is 19.8 Å². The Morgan fingerprint density at radius 2 is 2.07 bits per heavy atom. The third-order valence-corrected chi connectivity index (χ3v) is 5.74. The molecular formula is C21H29FN6. The van der Waals surface area contributed by atoms with E-state index in [1.54, 1.807) is 18.4 Å². The van der Waals surface area contributed by atoms with E-state index in [0.29, 0.717) is 0 Å². The molecular weight excluding hydrogens is 355 g/mol. The number of rotatable bonds is 4. The van der Waals surface area contributed by atoms with Gasteiger partial charge in [-0.15, -0.1) is 0 Å². The fourth-order valence-corrected chi connectivity index (χ4v) is 4.24. The summed E-state index contributed by atoms with van der Waals surface area (Å²) in [6, 6.07) is -0.0174. The van der Waals surface area contributed by atoms with Crippen LogP contribution in [0, 0.1) is 0 Å². The van der Waals surface area contributed by atoms with Gasteiger partial charge in [0, 0.05) is 64.6 Å². The summed E-state index contributed by atoms with van der Waals surface area (Å²) in [4.78, 5) is 13.7. The van der Waals surface area contributed by atoms with E-state index in [-0.39, 0.29) is 12.2 Å². The van der Waals surface area contributed by atoms with Crippen molar-refractivity contribution < 1.29 is 4.39 Å². The number of hydrogen-bond donors (Lipinski definition) is 0. The standard InChI is InChI=1S/C21H29FN6/c1-4-21-24-12-16(13-25(21)2)14-27-8-9-28-18(15-27)11-20(26(28)3)19-10-17(22)6-5-7-23-19/h5-7,10-13,17,20-21H,4,8-9,14-15H2,1-3H3. The van der Waals surface area contributed by atoms with Crippen LogP contribution < -0.4 is 0 Å². The molecule has 0 spiro atoms. The zero-order valence-corrected chi connectivity index (χ0v) is 16.9. The van der Waals surface area contributed by atoms with Crippen LogP contribution in [0.5, 0.6) is 0 Å². The Balaban J connectivity index is 1.44. The van der Waals surface area contributed by atoms with Crippen LogP contribution in [0.2, 0.25) is 0 Å². The smallest absolute Gasteiger partial charge is 0.139 e. The third kappa shape index (κ3) is 3.82. The minimum atomic E-state index is -1.08. The Morgan fingerprint density at radius 1 is 1.21 bits per heavy atom. The van der Waals surface area contributed by atoms with Gasteiger partial charge in [0.15, 0.2) is 0 Å². The number of hydrazine groups is 1. The van der Waals surface area contributed by atoms with Gasteiger partial charge in [0.05, 0.1) is 11.7 Å². The number of nitrogens with zero attached hydrogens (tertiary/aromatic N) is 6. The number of likely N-dealkylation sites (N-methyl/N-ethyl adjacent to an activating group) is 1. The molecule has 1 saturated heterocycles. The Labute approximate surface area is 166 Å². The molecule has 0 saturated carbocycles. The van der Waals surface area contributed by atoms with Gasteiger partial charge in [0.25, 0.3) is 0 Å². The second-order valence-electron chi connectivity index (χ2n) is 7.75. The van der Waals surface area contributed by atoms with Crippen molar-refractivity contribution >= 4 is 12.4 Å². The van der Waals surface area contributed by atoms with Gasteiger partial charge in [-0.3, -0.25) is 14.9 Å². The number of allylic oxidation sites excluding steroid dienone is 3. The van der Waals surface area contributed by atoms with E-state index in [0.717, 1.165) is 38.3 Å². The first-order chi connectivity index (χ1) is 13.5. The van der Waals surface area contributed by atoms with Gasteiger partial charge >= 0.3 is 0 Å². The summed E-state index contributed by atoms with van der Waals surface area (Å²) < 4.78 is 13.9. The zero-order chi connectivity index (χ0) is 19.7. The summed E-state index contributed by atoms with van der Waals surface area (Å²) in [6.45, 7) is 5.83. The molecule has 3 atom stereocenters. The summed E-state index contributed by atoms with van der Waals surface area (Å²) in [6.07, 6.45) is 13.1. The van der Waals surface area contributed by atoms with Crippen LogP contribution in [0.15, 0.2) is 57.5 Å². The molecule has 28 heavy (non-hydrogen) atoms. The van der Waals surface area contributed by atoms with Crippen LogP contribution in [0.4, 0.5) is 4.39 Å². The van der Waals surface area contributed by atoms with E-state index in [9.17, 15) is 4.39 Å². The Bertz CT molecular complexity index is 780. The minimum Gasteiger partial charge on any atom is -0.359 e. The number of hydrogen-bond acceptors (Lipinski definition) is 6. The highest BCUT2D eigenvalue weighted by Crippen LogP contribution is 2.30. The predicted molar refractivity (Wildman–Crippen MR) is 112 cm³/mol. The van der Waals surface area contributed by atoms with Crippen LogP contribution in [0.25, 0.3) is 0 Å². The quantitative estimate of drug-likeness (QED) is 0.745. The van der Waals surface area contributed by atoms with E-state index >= 15 is 0 Å². The molecule has 150 valence electrons. The number of halogens is 1. The van der Waals surface area contributed by atoms with Crippen molar-refractivity contribution in [3.8, 4) is 0 Å². The van der Waals surface area contributed by atoms with Crippen molar-refractivity contribution in [3.05, 3.63) is 47.5 Å². The highest BCUT2D eigenvalue weighted by molar-refractivity contribution is 5.79. The maximum atomic E-state index is 13.9. The topological polar surface area (TPSA) is 37.7 Å². The van der Waals surface area contributed by atoms with Gasteiger partial charge in [0.2, 0.25) is 0 Å². The lowest BCUT2D eigenvalue weighted by Crippen LogP contribution is -2.50. The van der Waals surface area contributed by atoms with Gasteiger partial charge < -0.3 is 9.91 Å². The second kappa shape index (κ2) is 8.01. The molecule has 3 unspecified atom stereocenters. The first kappa shape index (κ1) is 19.1. The Morgan fingerprint density at radius 3 is 2.86 bits per heavy atom. The maximum Gasteiger partial charge on any atom is 0.139 e. The van der Waals surface area contributed by atoms with Gasteiger partial charge in [-0.2, -0.15) is 0 Å². The second-order valence-corrected chi connectivity index (χ2v) is 7.75. The molecule has 4 rings (SSSR count). The molecule has 4 aliphatic heterocycles. The fourth-order valence-electron chi connectivity index (χ4n) is 4.24. The molecule has 0 N–H and O–H groups in total. The lowest BCUT2D eigenvalue weighted by Gasteiger charge is -2.40. The first-order valence-corrected chi connectivity index (χ1v) is 10.0. The molecule has 0 amide bonds. The maximum absolute atomic E-state index is 13.9. The predicted octanol–water partition coefficient (Wildman–Crippen LogP) is 2.22. The van der Waals surface area contributed by atoms with E-state index in [1.807, 2.05) is 6.21 Å². The van der Waals surface area contributed by atoms with E-state index in [4.69, 9.17) is 0 Å². The summed E-state index contributed by atoms with van der Waals surface area (Å²) >= 11 is 0. The van der Waals surface area contributed by atoms with Crippen molar-refractivity contribution in [3.63, 3.8) is 0 Å². The minimum absolute atomic E-state index is 0.0174. The highest BCUT2D eigenvalue weighted by atomic mass is 19.1. The largest absolute Gasteiger partial charge is 0.359 e. The first-order valence-electron chi connectivity index (χ1n) is 10.0. The molecule has 6 nitrogen and oxygen atoms in total. The molecule has 0 aromatic carbocycles. The highest BCUT2D eigenvalue weighted by Gasteiger charge is 2.35. The van der Waals surface area contributed by atoms with Crippen molar-refractivity contribution in [2.24, 2.45) is 9.98 Å². The van der Waals surface area contributed by atoms with Crippen LogP contribution >= 0.6 is 0 Å². The van der Waals surface area contributed by atoms with E-state index < -0.39 is 6.17 Å². The van der Waals surface area contributed by atoms with E-state index in [2.05, 4.69) is 63.1 Å². The van der Waals surface area contributed by atoms with Crippen molar-refractivity contribution in [2.45, 2.75) is 31.7 Å². The number of piperazine rings is 1. The average Bonchev–Trinajstić information content (AvgIpc) is 2.84. The molecule has 7 heteroatoms. The third-order valence-electron chi connectivity index (χ3n) is 5.74. The molecule has 0 aromatic heterocycles. The Kier molecular flexibility index (Phi) is 5.46. The lowest BCUT2D eigenvalue weighted by atomic mass is 10.1. The number of alkyl halides is 1. The fraction of sp³-hybridized carbons (Fsp3) is 0.524. The zero-order valence-electron chi connectivity index (χ0n) is 16.9. The molecule has 4 aliphatic rings. The van der Waals surface area contributed by atoms with Gasteiger partial charge in [-0.1, -0.05) is 6.92 Å². The summed E-state index contributed by atoms with van der Waals surface area (Å²) in [5.74, 6) is 0. The Hall–Kier alpha value is -2.25. The molecule has 1 fully saturated rings. The van der Waals surface area contributed by atoms with Crippen molar-refractivity contribution in [2.75, 3.05) is 40.3 Å². The lowest BCUT2D eigenvalue weighted by molar-refractivity contribution is 0.0114. The van der Waals surface area contributed by atoms with Crippen LogP contribution in [0.1, 0.15) is 13.3 Å². The van der Waals surface area contributed by atoms with Crippen LogP contribution in [-0.4, -0.2) is 90.9 Å². The molecule has 0 aromatic rings. The monoisotopic (exact) mass is 384 g/mol. The summed E-state index contributed by atoms with van der Waals surface area (Å²) in [5.41, 5.74) is 3.27. The van der Waals surface area contributed by atoms with Gasteiger partial charge in [-0.05, 0) is 36.3 Å². The SMILES string of the molecule is CCC1N=CC(CN2CCN3C(=CC(C4=CC(F)C=CC=N4)N3C)C2)=CN1C. The summed E-state index contributed by atoms with van der Waals surface area (Å²) in [7, 11) is 4.15. The van der Waals surface area contributed by atoms with Gasteiger partial charge in [-0.25, -0.2) is 9.40 Å². The van der Waals surface area contributed by atoms with Crippen molar-refractivity contribution in [1.29, 1.82) is 0 Å². The van der Waals surface area contributed by atoms with Crippen LogP contribution in [0.3, 0.4) is 0 Å². The average molecular weight is 385 g/mol. The number of aliphatic imine (C=N–C) groups is 2. The number of fused-ring (bicyclic) bond motifs is 1. The van der Waals surface area contributed by atoms with Crippen LogP contribution in [-0.2, 0) is 0 Å². The summed E-state index contributed by atoms with van der Waals surface area (Å²) in [5, 5.41) is 4.47. The molecule has 4 heterocycles. The van der Waals surface area contributed by atoms with Gasteiger partial charge in [0.1, 0.15) is 12.3 Å². The molecule has 0 bridgehead atoms. The normalized spacial score (nSPS) is 30.9.